The van der Waals surface area contributed by atoms with Crippen LogP contribution in [-0.2, 0) is 13.5 Å². The van der Waals surface area contributed by atoms with Gasteiger partial charge < -0.3 is 14.1 Å². The normalized spacial score (nSPS) is 11.3. The van der Waals surface area contributed by atoms with E-state index in [0.29, 0.717) is 12.3 Å². The predicted octanol–water partition coefficient (Wildman–Crippen LogP) is 2.07. The summed E-state index contributed by atoms with van der Waals surface area (Å²) in [6, 6.07) is 5.92. The van der Waals surface area contributed by atoms with Crippen LogP contribution in [0.4, 0.5) is 0 Å². The number of fused-ring (bicyclic) bond motifs is 1. The van der Waals surface area contributed by atoms with E-state index < -0.39 is 0 Å². The second-order valence-electron chi connectivity index (χ2n) is 4.51. The molecule has 19 heavy (non-hydrogen) atoms. The molecule has 0 fully saturated rings. The highest BCUT2D eigenvalue weighted by Gasteiger charge is 2.10. The lowest BCUT2D eigenvalue weighted by Gasteiger charge is -2.05. The van der Waals surface area contributed by atoms with Crippen LogP contribution >= 0.6 is 0 Å². The van der Waals surface area contributed by atoms with E-state index >= 15 is 0 Å². The molecule has 2 heterocycles. The summed E-state index contributed by atoms with van der Waals surface area (Å²) in [7, 11) is 1.95. The van der Waals surface area contributed by atoms with E-state index in [-0.39, 0.29) is 6.61 Å². The number of imidazole rings is 1. The SMILES string of the molecule is Cc1nc2ccc(-c3cnc(CCO)n3C)cc2o1. The molecule has 0 atom stereocenters. The van der Waals surface area contributed by atoms with Crippen molar-refractivity contribution in [3.63, 3.8) is 0 Å². The van der Waals surface area contributed by atoms with Crippen molar-refractivity contribution in [3.8, 4) is 11.3 Å². The Morgan fingerprint density at radius 3 is 3.00 bits per heavy atom. The molecule has 0 amide bonds. The topological polar surface area (TPSA) is 64.1 Å². The molecule has 0 bridgehead atoms. The van der Waals surface area contributed by atoms with Gasteiger partial charge in [0.15, 0.2) is 11.5 Å². The van der Waals surface area contributed by atoms with Gasteiger partial charge in [0, 0.05) is 26.0 Å². The summed E-state index contributed by atoms with van der Waals surface area (Å²) in [6.45, 7) is 1.94. The Bertz CT molecular complexity index is 727. The molecule has 1 aromatic carbocycles. The maximum atomic E-state index is 8.99. The predicted molar refractivity (Wildman–Crippen MR) is 71.7 cm³/mol. The minimum atomic E-state index is 0.102. The van der Waals surface area contributed by atoms with E-state index in [1.807, 2.05) is 42.9 Å². The molecule has 3 aromatic rings. The van der Waals surface area contributed by atoms with Crippen LogP contribution in [0.5, 0.6) is 0 Å². The van der Waals surface area contributed by atoms with Gasteiger partial charge in [0.2, 0.25) is 0 Å². The number of aliphatic hydroxyl groups excluding tert-OH is 1. The van der Waals surface area contributed by atoms with Gasteiger partial charge in [-0.1, -0.05) is 6.07 Å². The van der Waals surface area contributed by atoms with Crippen LogP contribution in [0.2, 0.25) is 0 Å². The number of aliphatic hydroxyl groups is 1. The molecule has 0 aliphatic carbocycles. The Morgan fingerprint density at radius 2 is 2.21 bits per heavy atom. The molecule has 98 valence electrons. The lowest BCUT2D eigenvalue weighted by molar-refractivity contribution is 0.295. The van der Waals surface area contributed by atoms with Crippen molar-refractivity contribution in [2.45, 2.75) is 13.3 Å². The Morgan fingerprint density at radius 1 is 1.37 bits per heavy atom. The molecule has 3 rings (SSSR count). The summed E-state index contributed by atoms with van der Waals surface area (Å²) in [6.07, 6.45) is 2.37. The van der Waals surface area contributed by atoms with Gasteiger partial charge in [-0.05, 0) is 12.1 Å². The number of oxazole rings is 1. The monoisotopic (exact) mass is 257 g/mol. The number of aromatic nitrogens is 3. The van der Waals surface area contributed by atoms with E-state index in [2.05, 4.69) is 9.97 Å². The Labute approximate surface area is 110 Å². The zero-order chi connectivity index (χ0) is 13.4. The molecule has 0 saturated carbocycles. The maximum Gasteiger partial charge on any atom is 0.192 e. The fraction of sp³-hybridized carbons (Fsp3) is 0.286. The van der Waals surface area contributed by atoms with Gasteiger partial charge in [0.25, 0.3) is 0 Å². The molecule has 0 aliphatic rings. The molecule has 0 unspecified atom stereocenters. The van der Waals surface area contributed by atoms with Crippen LogP contribution in [-0.4, -0.2) is 26.2 Å². The number of aryl methyl sites for hydroxylation is 1. The van der Waals surface area contributed by atoms with Crippen molar-refractivity contribution in [2.24, 2.45) is 7.05 Å². The lowest BCUT2D eigenvalue weighted by Crippen LogP contribution is -2.02. The average molecular weight is 257 g/mol. The first-order valence-electron chi connectivity index (χ1n) is 6.18. The van der Waals surface area contributed by atoms with Gasteiger partial charge in [0.1, 0.15) is 11.3 Å². The van der Waals surface area contributed by atoms with Gasteiger partial charge in [-0.15, -0.1) is 0 Å². The summed E-state index contributed by atoms with van der Waals surface area (Å²) >= 11 is 0. The number of benzene rings is 1. The first-order valence-corrected chi connectivity index (χ1v) is 6.18. The highest BCUT2D eigenvalue weighted by molar-refractivity contribution is 5.79. The number of nitrogens with zero attached hydrogens (tertiary/aromatic N) is 3. The summed E-state index contributed by atoms with van der Waals surface area (Å²) in [4.78, 5) is 8.61. The maximum absolute atomic E-state index is 8.99. The molecule has 0 spiro atoms. The van der Waals surface area contributed by atoms with Gasteiger partial charge in [-0.3, -0.25) is 0 Å². The zero-order valence-electron chi connectivity index (χ0n) is 10.9. The van der Waals surface area contributed by atoms with Gasteiger partial charge >= 0.3 is 0 Å². The summed E-state index contributed by atoms with van der Waals surface area (Å²) in [5.74, 6) is 1.53. The number of hydrogen-bond donors (Lipinski definition) is 1. The van der Waals surface area contributed by atoms with Crippen molar-refractivity contribution < 1.29 is 9.52 Å². The van der Waals surface area contributed by atoms with Crippen molar-refractivity contribution in [1.82, 2.24) is 14.5 Å². The summed E-state index contributed by atoms with van der Waals surface area (Å²) < 4.78 is 7.53. The number of hydrogen-bond acceptors (Lipinski definition) is 4. The van der Waals surface area contributed by atoms with Crippen LogP contribution in [0.25, 0.3) is 22.4 Å². The molecule has 2 aromatic heterocycles. The zero-order valence-corrected chi connectivity index (χ0v) is 10.9. The van der Waals surface area contributed by atoms with Crippen molar-refractivity contribution in [2.75, 3.05) is 6.61 Å². The Kier molecular flexibility index (Phi) is 2.83. The third kappa shape index (κ3) is 2.02. The van der Waals surface area contributed by atoms with Crippen LogP contribution in [0.1, 0.15) is 11.7 Å². The van der Waals surface area contributed by atoms with Crippen molar-refractivity contribution in [1.29, 1.82) is 0 Å². The highest BCUT2D eigenvalue weighted by atomic mass is 16.3. The minimum absolute atomic E-state index is 0.102. The molecule has 0 radical (unpaired) electrons. The van der Waals surface area contributed by atoms with Gasteiger partial charge in [-0.2, -0.15) is 0 Å². The molecule has 1 N–H and O–H groups in total. The van der Waals surface area contributed by atoms with Gasteiger partial charge in [0.05, 0.1) is 18.5 Å². The first-order chi connectivity index (χ1) is 9.19. The van der Waals surface area contributed by atoms with E-state index in [1.54, 1.807) is 0 Å². The van der Waals surface area contributed by atoms with E-state index in [4.69, 9.17) is 9.52 Å². The Hall–Kier alpha value is -2.14. The van der Waals surface area contributed by atoms with Crippen LogP contribution in [0.3, 0.4) is 0 Å². The lowest BCUT2D eigenvalue weighted by atomic mass is 10.1. The summed E-state index contributed by atoms with van der Waals surface area (Å²) in [5, 5.41) is 8.99. The van der Waals surface area contributed by atoms with Crippen LogP contribution < -0.4 is 0 Å². The standard InChI is InChI=1S/C14H15N3O2/c1-9-16-11-4-3-10(7-13(11)19-9)12-8-15-14(5-6-18)17(12)2/h3-4,7-8,18H,5-6H2,1-2H3. The van der Waals surface area contributed by atoms with Crippen LogP contribution in [0, 0.1) is 6.92 Å². The highest BCUT2D eigenvalue weighted by Crippen LogP contribution is 2.25. The van der Waals surface area contributed by atoms with E-state index in [1.165, 1.54) is 0 Å². The third-order valence-electron chi connectivity index (χ3n) is 3.21. The largest absolute Gasteiger partial charge is 0.441 e. The molecule has 5 heteroatoms. The Balaban J connectivity index is 2.08. The third-order valence-corrected chi connectivity index (χ3v) is 3.21. The second-order valence-corrected chi connectivity index (χ2v) is 4.51. The smallest absolute Gasteiger partial charge is 0.192 e. The minimum Gasteiger partial charge on any atom is -0.441 e. The summed E-state index contributed by atoms with van der Waals surface area (Å²) in [5.41, 5.74) is 3.67. The van der Waals surface area contributed by atoms with Crippen LogP contribution in [0.15, 0.2) is 28.8 Å². The first kappa shape index (κ1) is 11.9. The molecular weight excluding hydrogens is 242 g/mol. The van der Waals surface area contributed by atoms with Crippen molar-refractivity contribution in [3.05, 3.63) is 36.1 Å². The average Bonchev–Trinajstić information content (AvgIpc) is 2.92. The fourth-order valence-corrected chi connectivity index (χ4v) is 2.25. The molecular formula is C14H15N3O2. The van der Waals surface area contributed by atoms with E-state index in [0.717, 1.165) is 28.2 Å². The van der Waals surface area contributed by atoms with E-state index in [9.17, 15) is 0 Å². The number of rotatable bonds is 3. The second kappa shape index (κ2) is 4.51. The molecule has 0 aliphatic heterocycles. The quantitative estimate of drug-likeness (QED) is 0.780. The fourth-order valence-electron chi connectivity index (χ4n) is 2.25. The molecule has 5 nitrogen and oxygen atoms in total. The van der Waals surface area contributed by atoms with Crippen molar-refractivity contribution >= 4 is 11.1 Å². The molecule has 0 saturated heterocycles. The van der Waals surface area contributed by atoms with Gasteiger partial charge in [-0.25, -0.2) is 9.97 Å².